The van der Waals surface area contributed by atoms with E-state index in [-0.39, 0.29) is 16.6 Å². The van der Waals surface area contributed by atoms with Crippen LogP contribution in [-0.2, 0) is 0 Å². The lowest BCUT2D eigenvalue weighted by molar-refractivity contribution is 0.0698. The van der Waals surface area contributed by atoms with Crippen LogP contribution < -0.4 is 5.32 Å². The lowest BCUT2D eigenvalue weighted by atomic mass is 10.1. The summed E-state index contributed by atoms with van der Waals surface area (Å²) in [5.74, 6) is -0.995. The van der Waals surface area contributed by atoms with Crippen LogP contribution in [0.4, 0.5) is 5.69 Å². The second-order valence-electron chi connectivity index (χ2n) is 4.48. The van der Waals surface area contributed by atoms with Gasteiger partial charge in [-0.25, -0.2) is 4.79 Å². The van der Waals surface area contributed by atoms with Crippen LogP contribution in [-0.4, -0.2) is 11.1 Å². The smallest absolute Gasteiger partial charge is 0.337 e. The van der Waals surface area contributed by atoms with Crippen molar-refractivity contribution in [1.82, 2.24) is 0 Å². The van der Waals surface area contributed by atoms with E-state index in [1.54, 1.807) is 30.3 Å². The molecule has 21 heavy (non-hydrogen) atoms. The summed E-state index contributed by atoms with van der Waals surface area (Å²) in [6, 6.07) is 9.86. The maximum absolute atomic E-state index is 11.2. The summed E-state index contributed by atoms with van der Waals surface area (Å²) < 4.78 is 0. The van der Waals surface area contributed by atoms with Crippen LogP contribution in [0.2, 0.25) is 15.1 Å². The lowest BCUT2D eigenvalue weighted by Crippen LogP contribution is -2.11. The minimum absolute atomic E-state index is 0.195. The number of anilines is 1. The maximum atomic E-state index is 11.2. The van der Waals surface area contributed by atoms with E-state index < -0.39 is 5.97 Å². The number of carboxylic acids is 1. The highest BCUT2D eigenvalue weighted by atomic mass is 35.5. The van der Waals surface area contributed by atoms with Crippen LogP contribution in [0, 0.1) is 0 Å². The van der Waals surface area contributed by atoms with Crippen molar-refractivity contribution in [1.29, 1.82) is 0 Å². The largest absolute Gasteiger partial charge is 0.478 e. The van der Waals surface area contributed by atoms with Crippen molar-refractivity contribution in [3.05, 3.63) is 62.6 Å². The Hall–Kier alpha value is -1.42. The number of para-hydroxylation sites is 1. The van der Waals surface area contributed by atoms with E-state index in [2.05, 4.69) is 5.32 Å². The van der Waals surface area contributed by atoms with Crippen LogP contribution in [0.3, 0.4) is 0 Å². The number of benzene rings is 2. The van der Waals surface area contributed by atoms with Gasteiger partial charge >= 0.3 is 5.97 Å². The molecule has 1 atom stereocenters. The molecular weight excluding hydrogens is 333 g/mol. The van der Waals surface area contributed by atoms with E-state index in [1.165, 1.54) is 6.07 Å². The Morgan fingerprint density at radius 3 is 2.43 bits per heavy atom. The molecule has 2 N–H and O–H groups in total. The minimum atomic E-state index is -0.995. The van der Waals surface area contributed by atoms with Gasteiger partial charge in [0.25, 0.3) is 0 Å². The Balaban J connectivity index is 2.33. The monoisotopic (exact) mass is 343 g/mol. The zero-order chi connectivity index (χ0) is 15.6. The molecule has 2 rings (SSSR count). The number of aromatic carboxylic acids is 1. The molecule has 0 aliphatic carbocycles. The molecule has 110 valence electrons. The van der Waals surface area contributed by atoms with Gasteiger partial charge in [-0.05, 0) is 30.7 Å². The number of hydrogen-bond acceptors (Lipinski definition) is 2. The highest BCUT2D eigenvalue weighted by Crippen LogP contribution is 2.36. The zero-order valence-corrected chi connectivity index (χ0v) is 13.3. The first kappa shape index (κ1) is 16.0. The summed E-state index contributed by atoms with van der Waals surface area (Å²) >= 11 is 18.1. The number of carboxylic acid groups (broad SMARTS) is 1. The van der Waals surface area contributed by atoms with Gasteiger partial charge in [0.2, 0.25) is 0 Å². The van der Waals surface area contributed by atoms with Crippen molar-refractivity contribution in [2.75, 3.05) is 5.32 Å². The van der Waals surface area contributed by atoms with E-state index in [4.69, 9.17) is 34.8 Å². The van der Waals surface area contributed by atoms with Crippen LogP contribution >= 0.6 is 34.8 Å². The number of halogens is 3. The van der Waals surface area contributed by atoms with Gasteiger partial charge < -0.3 is 10.4 Å². The average Bonchev–Trinajstić information content (AvgIpc) is 2.45. The molecule has 0 heterocycles. The van der Waals surface area contributed by atoms with Crippen molar-refractivity contribution in [3.63, 3.8) is 0 Å². The second kappa shape index (κ2) is 6.56. The number of rotatable bonds is 4. The first-order valence-electron chi connectivity index (χ1n) is 6.14. The first-order valence-corrected chi connectivity index (χ1v) is 7.27. The van der Waals surface area contributed by atoms with E-state index in [9.17, 15) is 9.90 Å². The van der Waals surface area contributed by atoms with Gasteiger partial charge in [0.05, 0.1) is 26.7 Å². The molecule has 0 fully saturated rings. The molecule has 2 aromatic rings. The van der Waals surface area contributed by atoms with Gasteiger partial charge in [-0.2, -0.15) is 0 Å². The molecule has 2 aromatic carbocycles. The van der Waals surface area contributed by atoms with E-state index in [1.807, 2.05) is 6.92 Å². The molecule has 0 amide bonds. The van der Waals surface area contributed by atoms with Crippen molar-refractivity contribution >= 4 is 46.5 Å². The highest BCUT2D eigenvalue weighted by molar-refractivity contribution is 6.48. The molecule has 0 aromatic heterocycles. The normalized spacial score (nSPS) is 12.0. The van der Waals surface area contributed by atoms with Crippen LogP contribution in [0.5, 0.6) is 0 Å². The quantitative estimate of drug-likeness (QED) is 0.718. The Labute approximate surface area is 137 Å². The van der Waals surface area contributed by atoms with Crippen LogP contribution in [0.15, 0.2) is 36.4 Å². The molecule has 0 spiro atoms. The zero-order valence-electron chi connectivity index (χ0n) is 11.0. The summed E-state index contributed by atoms with van der Waals surface area (Å²) in [4.78, 5) is 11.2. The van der Waals surface area contributed by atoms with Gasteiger partial charge in [0.1, 0.15) is 0 Å². The Morgan fingerprint density at radius 1 is 1.10 bits per heavy atom. The summed E-state index contributed by atoms with van der Waals surface area (Å²) in [5.41, 5.74) is 1.45. The first-order chi connectivity index (χ1) is 9.91. The summed E-state index contributed by atoms with van der Waals surface area (Å²) in [7, 11) is 0. The fourth-order valence-corrected chi connectivity index (χ4v) is 2.69. The molecule has 0 saturated carbocycles. The van der Waals surface area contributed by atoms with Gasteiger partial charge in [0.15, 0.2) is 0 Å². The van der Waals surface area contributed by atoms with E-state index in [0.717, 1.165) is 5.56 Å². The Bertz CT molecular complexity index is 689. The number of hydrogen-bond donors (Lipinski definition) is 2. The van der Waals surface area contributed by atoms with Crippen molar-refractivity contribution < 1.29 is 9.90 Å². The predicted molar refractivity (Wildman–Crippen MR) is 86.9 cm³/mol. The highest BCUT2D eigenvalue weighted by Gasteiger charge is 2.16. The third-order valence-corrected chi connectivity index (χ3v) is 4.37. The van der Waals surface area contributed by atoms with Gasteiger partial charge in [0, 0.05) is 5.69 Å². The van der Waals surface area contributed by atoms with E-state index >= 15 is 0 Å². The third kappa shape index (κ3) is 3.43. The molecule has 1 unspecified atom stereocenters. The van der Waals surface area contributed by atoms with Crippen molar-refractivity contribution in [2.24, 2.45) is 0 Å². The lowest BCUT2D eigenvalue weighted by Gasteiger charge is -2.19. The van der Waals surface area contributed by atoms with E-state index in [0.29, 0.717) is 15.7 Å². The molecule has 3 nitrogen and oxygen atoms in total. The standard InChI is InChI=1S/C15H12Cl3NO2/c1-8(9-6-7-11(16)14(18)13(9)17)19-12-5-3-2-4-10(12)15(20)21/h2-8,19H,1H3,(H,20,21). The molecular formula is C15H12Cl3NO2. The van der Waals surface area contributed by atoms with Crippen LogP contribution in [0.25, 0.3) is 0 Å². The second-order valence-corrected chi connectivity index (χ2v) is 5.64. The minimum Gasteiger partial charge on any atom is -0.478 e. The number of carbonyl (C=O) groups is 1. The van der Waals surface area contributed by atoms with Crippen LogP contribution in [0.1, 0.15) is 28.9 Å². The molecule has 0 saturated heterocycles. The van der Waals surface area contributed by atoms with Crippen molar-refractivity contribution in [2.45, 2.75) is 13.0 Å². The summed E-state index contributed by atoms with van der Waals surface area (Å²) in [6.07, 6.45) is 0. The molecule has 0 radical (unpaired) electrons. The maximum Gasteiger partial charge on any atom is 0.337 e. The SMILES string of the molecule is CC(Nc1ccccc1C(=O)O)c1ccc(Cl)c(Cl)c1Cl. The summed E-state index contributed by atoms with van der Waals surface area (Å²) in [5, 5.41) is 13.3. The molecule has 0 aliphatic rings. The predicted octanol–water partition coefficient (Wildman–Crippen LogP) is 5.52. The van der Waals surface area contributed by atoms with Gasteiger partial charge in [-0.15, -0.1) is 0 Å². The fraction of sp³-hybridized carbons (Fsp3) is 0.133. The fourth-order valence-electron chi connectivity index (χ4n) is 1.98. The van der Waals surface area contributed by atoms with Gasteiger partial charge in [-0.3, -0.25) is 0 Å². The number of nitrogens with one attached hydrogen (secondary N) is 1. The third-order valence-electron chi connectivity index (χ3n) is 3.06. The molecule has 0 bridgehead atoms. The topological polar surface area (TPSA) is 49.3 Å². The average molecular weight is 345 g/mol. The Morgan fingerprint density at radius 2 is 1.76 bits per heavy atom. The van der Waals surface area contributed by atoms with Gasteiger partial charge in [-0.1, -0.05) is 53.0 Å². The molecule has 6 heteroatoms. The van der Waals surface area contributed by atoms with Crippen molar-refractivity contribution in [3.8, 4) is 0 Å². The molecule has 0 aliphatic heterocycles. The Kier molecular flexibility index (Phi) is 4.99. The summed E-state index contributed by atoms with van der Waals surface area (Å²) in [6.45, 7) is 1.87.